The molecular formula is C15H13ClO4S. The standard InChI is InChI=1S/C15H13ClO4S/c1-10(17)11-4-3-5-12(8-11)13-6-7-14(20-2)15(9-13)21(16,18)19/h3-9H,1-2H3/i2D3. The summed E-state index contributed by atoms with van der Waals surface area (Å²) >= 11 is 0. The second kappa shape index (κ2) is 5.87. The summed E-state index contributed by atoms with van der Waals surface area (Å²) < 4.78 is 49.5. The van der Waals surface area contributed by atoms with E-state index in [1.165, 1.54) is 25.1 Å². The highest BCUT2D eigenvalue weighted by atomic mass is 35.7. The summed E-state index contributed by atoms with van der Waals surface area (Å²) in [6.45, 7) is 1.42. The third kappa shape index (κ3) is 3.43. The molecule has 0 saturated carbocycles. The summed E-state index contributed by atoms with van der Waals surface area (Å²) in [6.07, 6.45) is 0. The van der Waals surface area contributed by atoms with Gasteiger partial charge in [-0.3, -0.25) is 4.79 Å². The molecule has 2 rings (SSSR count). The molecule has 0 aliphatic carbocycles. The maximum Gasteiger partial charge on any atom is 0.265 e. The number of carbonyl (C=O) groups is 1. The molecule has 6 heteroatoms. The molecule has 0 saturated heterocycles. The van der Waals surface area contributed by atoms with Crippen molar-refractivity contribution in [3.8, 4) is 16.9 Å². The van der Waals surface area contributed by atoms with Gasteiger partial charge < -0.3 is 4.74 Å². The first-order valence-corrected chi connectivity index (χ1v) is 8.17. The van der Waals surface area contributed by atoms with Crippen molar-refractivity contribution < 1.29 is 22.1 Å². The number of carbonyl (C=O) groups excluding carboxylic acids is 1. The van der Waals surface area contributed by atoms with E-state index in [0.29, 0.717) is 16.7 Å². The first kappa shape index (κ1) is 11.8. The minimum atomic E-state index is -4.23. The lowest BCUT2D eigenvalue weighted by Gasteiger charge is -2.09. The highest BCUT2D eigenvalue weighted by molar-refractivity contribution is 8.13. The summed E-state index contributed by atoms with van der Waals surface area (Å²) in [6, 6.07) is 10.5. The topological polar surface area (TPSA) is 60.4 Å². The van der Waals surface area contributed by atoms with Crippen LogP contribution in [0, 0.1) is 0 Å². The number of hydrogen-bond acceptors (Lipinski definition) is 4. The van der Waals surface area contributed by atoms with Gasteiger partial charge in [0, 0.05) is 16.2 Å². The van der Waals surface area contributed by atoms with Gasteiger partial charge in [-0.15, -0.1) is 0 Å². The van der Waals surface area contributed by atoms with Gasteiger partial charge in [0.15, 0.2) is 5.78 Å². The monoisotopic (exact) mass is 327 g/mol. The highest BCUT2D eigenvalue weighted by Gasteiger charge is 2.17. The van der Waals surface area contributed by atoms with Crippen molar-refractivity contribution in [1.29, 1.82) is 0 Å². The zero-order valence-electron chi connectivity index (χ0n) is 14.0. The van der Waals surface area contributed by atoms with Gasteiger partial charge in [0.1, 0.15) is 10.6 Å². The molecule has 0 aliphatic rings. The van der Waals surface area contributed by atoms with Crippen LogP contribution in [0.15, 0.2) is 47.4 Å². The molecule has 0 radical (unpaired) electrons. The molecule has 2 aromatic rings. The molecule has 0 heterocycles. The lowest BCUT2D eigenvalue weighted by Crippen LogP contribution is -1.97. The fourth-order valence-corrected chi connectivity index (χ4v) is 2.86. The molecule has 0 amide bonds. The molecule has 0 aromatic heterocycles. The van der Waals surface area contributed by atoms with Crippen LogP contribution in [0.2, 0.25) is 0 Å². The number of hydrogen-bond donors (Lipinski definition) is 0. The van der Waals surface area contributed by atoms with Crippen LogP contribution in [0.4, 0.5) is 0 Å². The van der Waals surface area contributed by atoms with Crippen LogP contribution in [0.25, 0.3) is 11.1 Å². The zero-order chi connectivity index (χ0) is 18.1. The SMILES string of the molecule is [2H]C([2H])([2H])Oc1ccc(-c2cccc(C(C)=O)c2)cc1S(=O)(=O)Cl. The number of rotatable bonds is 4. The number of ether oxygens (including phenoxy) is 1. The number of benzene rings is 2. The van der Waals surface area contributed by atoms with E-state index in [-0.39, 0.29) is 11.5 Å². The van der Waals surface area contributed by atoms with Gasteiger partial charge in [-0.25, -0.2) is 8.42 Å². The van der Waals surface area contributed by atoms with Crippen molar-refractivity contribution in [2.45, 2.75) is 11.8 Å². The largest absolute Gasteiger partial charge is 0.495 e. The van der Waals surface area contributed by atoms with Gasteiger partial charge in [0.05, 0.1) is 11.2 Å². The molecule has 0 bridgehead atoms. The Kier molecular flexibility index (Phi) is 3.29. The number of ketones is 1. The van der Waals surface area contributed by atoms with Gasteiger partial charge in [-0.1, -0.05) is 24.3 Å². The number of methoxy groups -OCH3 is 1. The fraction of sp³-hybridized carbons (Fsp3) is 0.133. The Morgan fingerprint density at radius 2 is 1.90 bits per heavy atom. The molecular weight excluding hydrogens is 312 g/mol. The average Bonchev–Trinajstić information content (AvgIpc) is 2.45. The van der Waals surface area contributed by atoms with Crippen molar-refractivity contribution in [2.75, 3.05) is 7.04 Å². The molecule has 0 aliphatic heterocycles. The summed E-state index contributed by atoms with van der Waals surface area (Å²) in [5.41, 5.74) is 1.51. The zero-order valence-corrected chi connectivity index (χ0v) is 12.5. The van der Waals surface area contributed by atoms with Gasteiger partial charge in [0.25, 0.3) is 9.05 Å². The summed E-state index contributed by atoms with van der Waals surface area (Å²) in [4.78, 5) is 11.0. The van der Waals surface area contributed by atoms with E-state index in [2.05, 4.69) is 0 Å². The van der Waals surface area contributed by atoms with E-state index in [1.54, 1.807) is 24.3 Å². The van der Waals surface area contributed by atoms with Gasteiger partial charge in [-0.05, 0) is 36.2 Å². The number of Topliss-reactive ketones (excluding diaryl/α,β-unsaturated/α-hetero) is 1. The van der Waals surface area contributed by atoms with E-state index < -0.39 is 21.0 Å². The molecule has 0 unspecified atom stereocenters. The third-order valence-corrected chi connectivity index (χ3v) is 4.26. The molecule has 2 aromatic carbocycles. The fourth-order valence-electron chi connectivity index (χ4n) is 1.88. The average molecular weight is 328 g/mol. The minimum absolute atomic E-state index is 0.135. The van der Waals surface area contributed by atoms with Crippen LogP contribution in [-0.2, 0) is 9.05 Å². The van der Waals surface area contributed by atoms with E-state index >= 15 is 0 Å². The molecule has 110 valence electrons. The van der Waals surface area contributed by atoms with E-state index in [0.717, 1.165) is 0 Å². The maximum absolute atomic E-state index is 11.7. The molecule has 4 nitrogen and oxygen atoms in total. The Morgan fingerprint density at radius 1 is 1.19 bits per heavy atom. The van der Waals surface area contributed by atoms with Crippen LogP contribution in [-0.4, -0.2) is 21.2 Å². The van der Waals surface area contributed by atoms with E-state index in [4.69, 9.17) is 19.5 Å². The van der Waals surface area contributed by atoms with Crippen molar-refractivity contribution in [3.05, 3.63) is 48.0 Å². The van der Waals surface area contributed by atoms with Crippen LogP contribution in [0.1, 0.15) is 21.4 Å². The molecule has 0 fully saturated rings. The summed E-state index contributed by atoms with van der Waals surface area (Å²) in [5.74, 6) is -0.499. The van der Waals surface area contributed by atoms with Crippen LogP contribution < -0.4 is 4.74 Å². The normalized spacial score (nSPS) is 13.9. The summed E-state index contributed by atoms with van der Waals surface area (Å²) in [7, 11) is -1.66. The Labute approximate surface area is 132 Å². The number of halogens is 1. The Hall–Kier alpha value is -1.85. The minimum Gasteiger partial charge on any atom is -0.495 e. The van der Waals surface area contributed by atoms with Gasteiger partial charge in [-0.2, -0.15) is 0 Å². The second-order valence-corrected chi connectivity index (χ2v) is 6.87. The quantitative estimate of drug-likeness (QED) is 0.637. The summed E-state index contributed by atoms with van der Waals surface area (Å²) in [5, 5.41) is 0. The van der Waals surface area contributed by atoms with E-state index in [9.17, 15) is 13.2 Å². The molecule has 0 spiro atoms. The molecule has 0 N–H and O–H groups in total. The first-order valence-electron chi connectivity index (χ1n) is 7.36. The smallest absolute Gasteiger partial charge is 0.265 e. The van der Waals surface area contributed by atoms with Gasteiger partial charge in [0.2, 0.25) is 0 Å². The lowest BCUT2D eigenvalue weighted by molar-refractivity contribution is 0.101. The highest BCUT2D eigenvalue weighted by Crippen LogP contribution is 2.32. The molecule has 0 atom stereocenters. The van der Waals surface area contributed by atoms with Crippen molar-refractivity contribution in [3.63, 3.8) is 0 Å². The van der Waals surface area contributed by atoms with Crippen molar-refractivity contribution >= 4 is 25.5 Å². The van der Waals surface area contributed by atoms with Crippen LogP contribution in [0.5, 0.6) is 5.75 Å². The van der Waals surface area contributed by atoms with Gasteiger partial charge >= 0.3 is 0 Å². The van der Waals surface area contributed by atoms with Crippen molar-refractivity contribution in [2.24, 2.45) is 0 Å². The Bertz CT molecular complexity index is 892. The maximum atomic E-state index is 11.7. The van der Waals surface area contributed by atoms with Crippen molar-refractivity contribution in [1.82, 2.24) is 0 Å². The second-order valence-electron chi connectivity index (χ2n) is 4.34. The first-order chi connectivity index (χ1) is 11.0. The Balaban J connectivity index is 2.58. The lowest BCUT2D eigenvalue weighted by atomic mass is 10.0. The predicted octanol–water partition coefficient (Wildman–Crippen LogP) is 3.49. The Morgan fingerprint density at radius 3 is 2.52 bits per heavy atom. The van der Waals surface area contributed by atoms with Crippen LogP contribution >= 0.6 is 10.7 Å². The third-order valence-electron chi connectivity index (χ3n) is 2.92. The molecule has 21 heavy (non-hydrogen) atoms. The van der Waals surface area contributed by atoms with E-state index in [1.807, 2.05) is 0 Å². The van der Waals surface area contributed by atoms with Crippen LogP contribution in [0.3, 0.4) is 0 Å². The predicted molar refractivity (Wildman–Crippen MR) is 81.5 cm³/mol.